The van der Waals surface area contributed by atoms with E-state index in [1.165, 1.54) is 0 Å². The van der Waals surface area contributed by atoms with Crippen LogP contribution in [0, 0.1) is 0 Å². The summed E-state index contributed by atoms with van der Waals surface area (Å²) in [5.74, 6) is 0. The number of hydrogen-bond donors (Lipinski definition) is 4. The lowest BCUT2D eigenvalue weighted by Crippen LogP contribution is -2.20. The van der Waals surface area contributed by atoms with Gasteiger partial charge in [0.05, 0.1) is 5.66 Å². The van der Waals surface area contributed by atoms with Crippen LogP contribution in [0.2, 0.25) is 0 Å². The van der Waals surface area contributed by atoms with E-state index >= 15 is 0 Å². The molecule has 1 rings (SSSR count). The zero-order valence-corrected chi connectivity index (χ0v) is 6.90. The second kappa shape index (κ2) is 4.01. The predicted octanol–water partition coefficient (Wildman–Crippen LogP) is -0.732. The Labute approximate surface area is 67.7 Å². The van der Waals surface area contributed by atoms with Crippen LogP contribution in [0.3, 0.4) is 0 Å². The van der Waals surface area contributed by atoms with Crippen LogP contribution in [-0.4, -0.2) is 18.8 Å². The number of rotatable bonds is 6. The summed E-state index contributed by atoms with van der Waals surface area (Å²) < 4.78 is 0. The fraction of sp³-hybridized carbons (Fsp3) is 1.00. The maximum atomic E-state index is 5.41. The monoisotopic (exact) mass is 158 g/mol. The first-order valence-electron chi connectivity index (χ1n) is 4.27. The maximum Gasteiger partial charge on any atom is 0.0944 e. The van der Waals surface area contributed by atoms with Gasteiger partial charge < -0.3 is 11.5 Å². The molecule has 1 heterocycles. The van der Waals surface area contributed by atoms with E-state index in [1.54, 1.807) is 0 Å². The van der Waals surface area contributed by atoms with E-state index in [9.17, 15) is 0 Å². The minimum atomic E-state index is 0.193. The van der Waals surface area contributed by atoms with E-state index in [0.29, 0.717) is 0 Å². The van der Waals surface area contributed by atoms with Gasteiger partial charge in [-0.2, -0.15) is 0 Å². The Kier molecular flexibility index (Phi) is 3.26. The molecule has 0 aromatic rings. The van der Waals surface area contributed by atoms with E-state index in [2.05, 4.69) is 10.9 Å². The Balaban J connectivity index is 2.08. The number of hydrogen-bond acceptors (Lipinski definition) is 4. The Morgan fingerprint density at radius 2 is 1.36 bits per heavy atom. The summed E-state index contributed by atoms with van der Waals surface area (Å²) in [6, 6.07) is 0. The van der Waals surface area contributed by atoms with Gasteiger partial charge >= 0.3 is 0 Å². The zero-order valence-electron chi connectivity index (χ0n) is 6.90. The third-order valence-electron chi connectivity index (χ3n) is 2.09. The highest BCUT2D eigenvalue weighted by atomic mass is 15.7. The molecule has 0 spiro atoms. The van der Waals surface area contributed by atoms with Crippen molar-refractivity contribution in [1.29, 1.82) is 0 Å². The van der Waals surface area contributed by atoms with Crippen molar-refractivity contribution < 1.29 is 0 Å². The average Bonchev–Trinajstić information content (AvgIpc) is 2.79. The first kappa shape index (κ1) is 8.93. The molecule has 0 aromatic heterocycles. The summed E-state index contributed by atoms with van der Waals surface area (Å²) in [4.78, 5) is 0. The lowest BCUT2D eigenvalue weighted by molar-refractivity contribution is 0.482. The van der Waals surface area contributed by atoms with Gasteiger partial charge in [0.15, 0.2) is 0 Å². The van der Waals surface area contributed by atoms with E-state index in [4.69, 9.17) is 11.5 Å². The molecule has 1 aliphatic rings. The molecule has 0 bridgehead atoms. The molecule has 0 aliphatic carbocycles. The van der Waals surface area contributed by atoms with Crippen molar-refractivity contribution in [2.75, 3.05) is 13.1 Å². The van der Waals surface area contributed by atoms with Crippen molar-refractivity contribution in [3.8, 4) is 0 Å². The van der Waals surface area contributed by atoms with Gasteiger partial charge in [0.25, 0.3) is 0 Å². The van der Waals surface area contributed by atoms with E-state index in [1.807, 2.05) is 0 Å². The van der Waals surface area contributed by atoms with Gasteiger partial charge in [-0.05, 0) is 38.8 Å². The molecule has 0 saturated carbocycles. The van der Waals surface area contributed by atoms with Crippen LogP contribution in [0.15, 0.2) is 0 Å². The van der Waals surface area contributed by atoms with Gasteiger partial charge in [-0.3, -0.25) is 0 Å². The number of hydrazine groups is 1. The fourth-order valence-electron chi connectivity index (χ4n) is 1.27. The topological polar surface area (TPSA) is 95.9 Å². The van der Waals surface area contributed by atoms with Crippen LogP contribution in [0.4, 0.5) is 0 Å². The van der Waals surface area contributed by atoms with Crippen LogP contribution >= 0.6 is 0 Å². The summed E-state index contributed by atoms with van der Waals surface area (Å²) >= 11 is 0. The molecule has 4 heteroatoms. The average molecular weight is 158 g/mol. The van der Waals surface area contributed by atoms with Crippen LogP contribution in [0.25, 0.3) is 0 Å². The van der Waals surface area contributed by atoms with Crippen molar-refractivity contribution >= 4 is 0 Å². The second-order valence-electron chi connectivity index (χ2n) is 3.12. The zero-order chi connectivity index (χ0) is 8.16. The summed E-state index contributed by atoms with van der Waals surface area (Å²) in [6.07, 6.45) is 4.38. The SMILES string of the molecule is NCCCC1(CCCN)NN1. The Morgan fingerprint density at radius 3 is 1.64 bits per heavy atom. The van der Waals surface area contributed by atoms with Crippen molar-refractivity contribution in [3.63, 3.8) is 0 Å². The minimum absolute atomic E-state index is 0.193. The molecule has 4 nitrogen and oxygen atoms in total. The third-order valence-corrected chi connectivity index (χ3v) is 2.09. The molecular formula is C7H18N4. The van der Waals surface area contributed by atoms with Crippen molar-refractivity contribution in [3.05, 3.63) is 0 Å². The maximum absolute atomic E-state index is 5.41. The largest absolute Gasteiger partial charge is 0.330 e. The Morgan fingerprint density at radius 1 is 0.909 bits per heavy atom. The number of nitrogens with one attached hydrogen (secondary N) is 2. The lowest BCUT2D eigenvalue weighted by Gasteiger charge is -2.09. The smallest absolute Gasteiger partial charge is 0.0944 e. The van der Waals surface area contributed by atoms with Crippen LogP contribution < -0.4 is 22.3 Å². The van der Waals surface area contributed by atoms with Gasteiger partial charge in [-0.1, -0.05) is 0 Å². The molecule has 0 amide bonds. The van der Waals surface area contributed by atoms with Crippen LogP contribution in [0.5, 0.6) is 0 Å². The third kappa shape index (κ3) is 2.75. The molecule has 0 atom stereocenters. The quantitative estimate of drug-likeness (QED) is 0.383. The summed E-state index contributed by atoms with van der Waals surface area (Å²) in [6.45, 7) is 1.54. The van der Waals surface area contributed by atoms with Crippen LogP contribution in [-0.2, 0) is 0 Å². The summed E-state index contributed by atoms with van der Waals surface area (Å²) in [7, 11) is 0. The van der Waals surface area contributed by atoms with E-state index in [-0.39, 0.29) is 5.66 Å². The first-order valence-corrected chi connectivity index (χ1v) is 4.27. The van der Waals surface area contributed by atoms with E-state index in [0.717, 1.165) is 38.8 Å². The fourth-order valence-corrected chi connectivity index (χ4v) is 1.27. The molecule has 0 unspecified atom stereocenters. The number of nitrogens with two attached hydrogens (primary N) is 2. The molecule has 1 aliphatic heterocycles. The van der Waals surface area contributed by atoms with Crippen molar-refractivity contribution in [1.82, 2.24) is 10.9 Å². The highest BCUT2D eigenvalue weighted by molar-refractivity contribution is 4.93. The molecule has 0 aromatic carbocycles. The van der Waals surface area contributed by atoms with Gasteiger partial charge in [0, 0.05) is 0 Å². The molecule has 0 radical (unpaired) electrons. The minimum Gasteiger partial charge on any atom is -0.330 e. The van der Waals surface area contributed by atoms with Gasteiger partial charge in [0.2, 0.25) is 0 Å². The lowest BCUT2D eigenvalue weighted by atomic mass is 10.0. The molecule has 1 fully saturated rings. The van der Waals surface area contributed by atoms with E-state index < -0.39 is 0 Å². The molecule has 66 valence electrons. The van der Waals surface area contributed by atoms with Crippen LogP contribution in [0.1, 0.15) is 25.7 Å². The molecule has 6 N–H and O–H groups in total. The Bertz CT molecular complexity index is 101. The standard InChI is InChI=1S/C7H18N4/c8-5-1-3-7(10-11-7)4-2-6-9/h10-11H,1-6,8-9H2. The molecule has 11 heavy (non-hydrogen) atoms. The van der Waals surface area contributed by atoms with Gasteiger partial charge in [0.1, 0.15) is 0 Å². The van der Waals surface area contributed by atoms with Crippen molar-refractivity contribution in [2.45, 2.75) is 31.3 Å². The normalized spacial score (nSPS) is 20.2. The molecular weight excluding hydrogens is 140 g/mol. The summed E-state index contributed by atoms with van der Waals surface area (Å²) in [5.41, 5.74) is 17.3. The first-order chi connectivity index (χ1) is 5.33. The molecule has 1 saturated heterocycles. The summed E-state index contributed by atoms with van der Waals surface area (Å²) in [5, 5.41) is 0. The second-order valence-corrected chi connectivity index (χ2v) is 3.12. The predicted molar refractivity (Wildman–Crippen MR) is 45.6 cm³/mol. The van der Waals surface area contributed by atoms with Crippen molar-refractivity contribution in [2.24, 2.45) is 11.5 Å². The highest BCUT2D eigenvalue weighted by Gasteiger charge is 2.39. The van der Waals surface area contributed by atoms with Gasteiger partial charge in [-0.15, -0.1) is 0 Å². The Hall–Kier alpha value is -0.160. The van der Waals surface area contributed by atoms with Gasteiger partial charge in [-0.25, -0.2) is 10.9 Å². The highest BCUT2D eigenvalue weighted by Crippen LogP contribution is 2.22.